The van der Waals surface area contributed by atoms with Gasteiger partial charge in [0.1, 0.15) is 6.10 Å². The van der Waals surface area contributed by atoms with Gasteiger partial charge in [-0.05, 0) is 6.42 Å². The van der Waals surface area contributed by atoms with Crippen LogP contribution in [-0.2, 0) is 4.79 Å². The van der Waals surface area contributed by atoms with Crippen molar-refractivity contribution in [1.29, 1.82) is 0 Å². The molecule has 0 spiro atoms. The highest BCUT2D eigenvalue weighted by atomic mass is 16.4. The van der Waals surface area contributed by atoms with E-state index in [0.29, 0.717) is 6.42 Å². The number of aliphatic hydroxyl groups is 3. The first-order valence-corrected chi connectivity index (χ1v) is 10.2. The Hall–Kier alpha value is -0.910. The minimum atomic E-state index is -0.954. The summed E-state index contributed by atoms with van der Waals surface area (Å²) < 4.78 is 0. The van der Waals surface area contributed by atoms with Crippen molar-refractivity contribution >= 4 is 5.97 Å². The third kappa shape index (κ3) is 34.4. The number of rotatable bonds is 16. The van der Waals surface area contributed by atoms with Gasteiger partial charge >= 0.3 is 5.97 Å². The molecule has 4 N–H and O–H groups in total. The molecule has 0 aromatic heterocycles. The minimum Gasteiger partial charge on any atom is -0.481 e. The van der Waals surface area contributed by atoms with E-state index < -0.39 is 12.1 Å². The number of aliphatic hydroxyl groups excluding tert-OH is 3. The van der Waals surface area contributed by atoms with Crippen LogP contribution in [0.15, 0.2) is 13.2 Å². The molecular formula is C21H44O5. The predicted octanol–water partition coefficient (Wildman–Crippen LogP) is 4.69. The van der Waals surface area contributed by atoms with Crippen molar-refractivity contribution in [2.24, 2.45) is 0 Å². The van der Waals surface area contributed by atoms with Gasteiger partial charge in [-0.15, -0.1) is 13.2 Å². The standard InChI is InChI=1S/C16H32O2.C3H8O3.C2H4/c1-2-3-4-5-6-7-8-9-10-11-12-13-14-15-16(17)18;4-1-3(6)2-5;1-2/h2-15H2,1H3,(H,17,18);3-6H,1-2H2;1-2H2. The minimum absolute atomic E-state index is 0.345. The van der Waals surface area contributed by atoms with Gasteiger partial charge < -0.3 is 20.4 Å². The lowest BCUT2D eigenvalue weighted by molar-refractivity contribution is -0.137. The molecule has 0 aromatic carbocycles. The summed E-state index contributed by atoms with van der Waals surface area (Å²) in [6.45, 7) is 7.53. The van der Waals surface area contributed by atoms with E-state index >= 15 is 0 Å². The monoisotopic (exact) mass is 376 g/mol. The first-order chi connectivity index (χ1) is 12.6. The first kappa shape index (κ1) is 29.8. The molecule has 0 rings (SSSR count). The zero-order valence-corrected chi connectivity index (χ0v) is 17.0. The molecule has 0 unspecified atom stereocenters. The van der Waals surface area contributed by atoms with Crippen LogP contribution in [0.2, 0.25) is 0 Å². The van der Waals surface area contributed by atoms with E-state index in [1.54, 1.807) is 0 Å². The molecule has 0 aliphatic rings. The van der Waals surface area contributed by atoms with Crippen molar-refractivity contribution in [2.75, 3.05) is 13.2 Å². The Morgan fingerprint density at radius 2 is 1.04 bits per heavy atom. The van der Waals surface area contributed by atoms with Crippen molar-refractivity contribution in [3.8, 4) is 0 Å². The number of carboxylic acids is 1. The summed E-state index contributed by atoms with van der Waals surface area (Å²) >= 11 is 0. The van der Waals surface area contributed by atoms with Crippen LogP contribution in [0.25, 0.3) is 0 Å². The van der Waals surface area contributed by atoms with Crippen molar-refractivity contribution in [3.05, 3.63) is 13.2 Å². The zero-order chi connectivity index (χ0) is 20.5. The van der Waals surface area contributed by atoms with Crippen LogP contribution < -0.4 is 0 Å². The van der Waals surface area contributed by atoms with E-state index in [1.165, 1.54) is 70.6 Å². The summed E-state index contributed by atoms with van der Waals surface area (Å²) in [4.78, 5) is 10.3. The predicted molar refractivity (Wildman–Crippen MR) is 109 cm³/mol. The highest BCUT2D eigenvalue weighted by Gasteiger charge is 1.97. The van der Waals surface area contributed by atoms with Crippen LogP contribution in [0.3, 0.4) is 0 Å². The summed E-state index contributed by atoms with van der Waals surface area (Å²) in [5.41, 5.74) is 0. The second-order valence-electron chi connectivity index (χ2n) is 6.41. The third-order valence-electron chi connectivity index (χ3n) is 3.92. The number of unbranched alkanes of at least 4 members (excludes halogenated alkanes) is 12. The summed E-state index contributed by atoms with van der Waals surface area (Å²) in [6, 6.07) is 0. The Morgan fingerprint density at radius 1 is 0.731 bits per heavy atom. The van der Waals surface area contributed by atoms with Crippen LogP contribution in [0, 0.1) is 0 Å². The molecule has 0 aliphatic carbocycles. The Kier molecular flexibility index (Phi) is 33.1. The quantitative estimate of drug-likeness (QED) is 0.231. The zero-order valence-electron chi connectivity index (χ0n) is 17.0. The molecule has 0 bridgehead atoms. The normalized spacial score (nSPS) is 9.88. The van der Waals surface area contributed by atoms with Crippen molar-refractivity contribution in [2.45, 2.75) is 103 Å². The number of hydrogen-bond donors (Lipinski definition) is 4. The summed E-state index contributed by atoms with van der Waals surface area (Å²) in [6.07, 6.45) is 16.3. The average Bonchev–Trinajstić information content (AvgIpc) is 2.66. The van der Waals surface area contributed by atoms with Gasteiger partial charge in [0.05, 0.1) is 13.2 Å². The summed E-state index contributed by atoms with van der Waals surface area (Å²) in [5, 5.41) is 32.5. The van der Waals surface area contributed by atoms with Crippen molar-refractivity contribution < 1.29 is 25.2 Å². The number of carbonyl (C=O) groups is 1. The maximum atomic E-state index is 10.3. The van der Waals surface area contributed by atoms with E-state index in [2.05, 4.69) is 20.1 Å². The van der Waals surface area contributed by atoms with Crippen molar-refractivity contribution in [3.63, 3.8) is 0 Å². The number of carboxylic acid groups (broad SMARTS) is 1. The van der Waals surface area contributed by atoms with E-state index in [0.717, 1.165) is 12.8 Å². The lowest BCUT2D eigenvalue weighted by Gasteiger charge is -2.02. The SMILES string of the molecule is C=C.CCCCCCCCCCCCCCCC(=O)O.OCC(O)CO. The number of aliphatic carboxylic acids is 1. The molecule has 0 saturated carbocycles. The topological polar surface area (TPSA) is 98.0 Å². The van der Waals surface area contributed by atoms with Crippen LogP contribution in [0.1, 0.15) is 96.8 Å². The fourth-order valence-electron chi connectivity index (χ4n) is 2.35. The van der Waals surface area contributed by atoms with Gasteiger partial charge in [-0.2, -0.15) is 0 Å². The number of hydrogen-bond acceptors (Lipinski definition) is 4. The molecule has 5 nitrogen and oxygen atoms in total. The molecule has 26 heavy (non-hydrogen) atoms. The van der Waals surface area contributed by atoms with Crippen LogP contribution in [0.4, 0.5) is 0 Å². The molecule has 0 radical (unpaired) electrons. The van der Waals surface area contributed by atoms with Gasteiger partial charge in [-0.25, -0.2) is 0 Å². The third-order valence-corrected chi connectivity index (χ3v) is 3.92. The molecule has 0 amide bonds. The van der Waals surface area contributed by atoms with E-state index in [1.807, 2.05) is 0 Å². The second-order valence-corrected chi connectivity index (χ2v) is 6.41. The molecule has 158 valence electrons. The van der Waals surface area contributed by atoms with Gasteiger partial charge in [0.15, 0.2) is 0 Å². The summed E-state index contributed by atoms with van der Waals surface area (Å²) in [5.74, 6) is -0.655. The Labute approximate surface area is 161 Å². The van der Waals surface area contributed by atoms with Gasteiger partial charge in [-0.3, -0.25) is 4.79 Å². The molecule has 0 fully saturated rings. The molecule has 0 aromatic rings. The van der Waals surface area contributed by atoms with Gasteiger partial charge in [0.2, 0.25) is 0 Å². The maximum Gasteiger partial charge on any atom is 0.303 e. The Balaban J connectivity index is -0.000000556. The smallest absolute Gasteiger partial charge is 0.303 e. The Morgan fingerprint density at radius 3 is 1.27 bits per heavy atom. The maximum absolute atomic E-state index is 10.3. The molecule has 5 heteroatoms. The van der Waals surface area contributed by atoms with E-state index in [9.17, 15) is 4.79 Å². The molecule has 0 atom stereocenters. The highest BCUT2D eigenvalue weighted by molar-refractivity contribution is 5.66. The van der Waals surface area contributed by atoms with Gasteiger partial charge in [0, 0.05) is 6.42 Å². The highest BCUT2D eigenvalue weighted by Crippen LogP contribution is 2.12. The lowest BCUT2D eigenvalue weighted by Crippen LogP contribution is -2.15. The van der Waals surface area contributed by atoms with Crippen molar-refractivity contribution in [1.82, 2.24) is 0 Å². The lowest BCUT2D eigenvalue weighted by atomic mass is 10.0. The molecule has 0 saturated heterocycles. The largest absolute Gasteiger partial charge is 0.481 e. The molecule has 0 aliphatic heterocycles. The second kappa shape index (κ2) is 28.9. The summed E-state index contributed by atoms with van der Waals surface area (Å²) in [7, 11) is 0. The fraction of sp³-hybridized carbons (Fsp3) is 0.857. The molecule has 0 heterocycles. The van der Waals surface area contributed by atoms with Crippen LogP contribution in [0.5, 0.6) is 0 Å². The van der Waals surface area contributed by atoms with E-state index in [-0.39, 0.29) is 13.2 Å². The van der Waals surface area contributed by atoms with Gasteiger partial charge in [-0.1, -0.05) is 84.0 Å². The molecular weight excluding hydrogens is 332 g/mol. The van der Waals surface area contributed by atoms with Crippen LogP contribution >= 0.6 is 0 Å². The first-order valence-electron chi connectivity index (χ1n) is 10.2. The van der Waals surface area contributed by atoms with Crippen LogP contribution in [-0.4, -0.2) is 45.7 Å². The van der Waals surface area contributed by atoms with Gasteiger partial charge in [0.25, 0.3) is 0 Å². The fourth-order valence-corrected chi connectivity index (χ4v) is 2.35. The average molecular weight is 377 g/mol. The van der Waals surface area contributed by atoms with E-state index in [4.69, 9.17) is 20.4 Å². The Bertz CT molecular complexity index is 255.